The lowest BCUT2D eigenvalue weighted by molar-refractivity contribution is -0.154. The van der Waals surface area contributed by atoms with E-state index in [1.165, 1.54) is 0 Å². The number of carbonyl (C=O) groups is 2. The lowest BCUT2D eigenvalue weighted by Gasteiger charge is -2.41. The van der Waals surface area contributed by atoms with Crippen LogP contribution in [0.25, 0.3) is 0 Å². The minimum atomic E-state index is -0.429. The van der Waals surface area contributed by atoms with E-state index >= 15 is 0 Å². The first-order valence-electron chi connectivity index (χ1n) is 7.60. The average molecular weight is 302 g/mol. The van der Waals surface area contributed by atoms with Crippen molar-refractivity contribution in [3.8, 4) is 0 Å². The highest BCUT2D eigenvalue weighted by Gasteiger charge is 2.64. The van der Waals surface area contributed by atoms with Gasteiger partial charge >= 0.3 is 5.97 Å². The van der Waals surface area contributed by atoms with E-state index in [1.54, 1.807) is 4.90 Å². The Balaban J connectivity index is 1.58. The van der Waals surface area contributed by atoms with Gasteiger partial charge in [-0.15, -0.1) is 0 Å². The summed E-state index contributed by atoms with van der Waals surface area (Å²) in [5, 5.41) is 0. The number of rotatable bonds is 4. The van der Waals surface area contributed by atoms with Crippen molar-refractivity contribution in [3.63, 3.8) is 0 Å². The van der Waals surface area contributed by atoms with Crippen molar-refractivity contribution < 1.29 is 14.3 Å². The molecule has 118 valence electrons. The summed E-state index contributed by atoms with van der Waals surface area (Å²) in [6.07, 6.45) is 0. The topological polar surface area (TPSA) is 49.6 Å². The molecule has 1 unspecified atom stereocenters. The third-order valence-electron chi connectivity index (χ3n) is 4.58. The molecular formula is C17H22N2O3. The first kappa shape index (κ1) is 15.0. The van der Waals surface area contributed by atoms with Gasteiger partial charge < -0.3 is 9.64 Å². The largest absolute Gasteiger partial charge is 0.459 e. The third kappa shape index (κ3) is 2.61. The molecule has 2 atom stereocenters. The molecule has 1 aromatic carbocycles. The molecule has 1 aromatic rings. The molecule has 2 heterocycles. The number of hydrogen-bond donors (Lipinski definition) is 0. The van der Waals surface area contributed by atoms with Crippen LogP contribution in [0.2, 0.25) is 0 Å². The van der Waals surface area contributed by atoms with Gasteiger partial charge in [-0.3, -0.25) is 14.5 Å². The molecule has 0 bridgehead atoms. The van der Waals surface area contributed by atoms with Crippen molar-refractivity contribution in [2.45, 2.75) is 38.5 Å². The van der Waals surface area contributed by atoms with E-state index in [9.17, 15) is 9.59 Å². The zero-order chi connectivity index (χ0) is 16.0. The Morgan fingerprint density at radius 1 is 1.18 bits per heavy atom. The second-order valence-electron chi connectivity index (χ2n) is 6.98. The van der Waals surface area contributed by atoms with Crippen molar-refractivity contribution >= 4 is 11.9 Å². The van der Waals surface area contributed by atoms with E-state index in [4.69, 9.17) is 4.74 Å². The predicted molar refractivity (Wildman–Crippen MR) is 82.0 cm³/mol. The second-order valence-corrected chi connectivity index (χ2v) is 6.98. The molecule has 0 radical (unpaired) electrons. The predicted octanol–water partition coefficient (Wildman–Crippen LogP) is 1.42. The molecule has 0 saturated carbocycles. The van der Waals surface area contributed by atoms with Crippen molar-refractivity contribution in [2.75, 3.05) is 19.6 Å². The number of carbonyl (C=O) groups excluding carboxylic acids is 2. The number of piperazine rings is 1. The maximum absolute atomic E-state index is 12.5. The lowest BCUT2D eigenvalue weighted by atomic mass is 9.98. The molecule has 2 aliphatic heterocycles. The fraction of sp³-hybridized carbons (Fsp3) is 0.529. The highest BCUT2D eigenvalue weighted by Crippen LogP contribution is 2.44. The van der Waals surface area contributed by atoms with Gasteiger partial charge in [0.1, 0.15) is 18.7 Å². The molecule has 0 N–H and O–H groups in total. The van der Waals surface area contributed by atoms with Gasteiger partial charge in [-0.1, -0.05) is 30.3 Å². The molecule has 0 spiro atoms. The highest BCUT2D eigenvalue weighted by atomic mass is 16.5. The fourth-order valence-electron chi connectivity index (χ4n) is 3.37. The second kappa shape index (κ2) is 5.09. The molecule has 5 heteroatoms. The number of nitrogens with zero attached hydrogens (tertiary/aromatic N) is 2. The third-order valence-corrected chi connectivity index (χ3v) is 4.58. The standard InChI is InChI=1S/C17H22N2O3/c1-16(2)11-18(15(21)17(3)12-19(16)17)9-14(20)22-10-13-7-5-4-6-8-13/h4-8H,9-12H2,1-3H3/t17-,19?/m0/s1. The Hall–Kier alpha value is -1.88. The molecule has 0 aromatic heterocycles. The molecule has 22 heavy (non-hydrogen) atoms. The summed E-state index contributed by atoms with van der Waals surface area (Å²) in [7, 11) is 0. The van der Waals surface area contributed by atoms with Gasteiger partial charge in [0, 0.05) is 18.6 Å². The quantitative estimate of drug-likeness (QED) is 0.623. The van der Waals surface area contributed by atoms with Crippen LogP contribution in [0.3, 0.4) is 0 Å². The van der Waals surface area contributed by atoms with Crippen LogP contribution in [-0.4, -0.2) is 52.4 Å². The van der Waals surface area contributed by atoms with Gasteiger partial charge in [-0.2, -0.15) is 0 Å². The maximum atomic E-state index is 12.5. The van der Waals surface area contributed by atoms with Crippen LogP contribution in [0.5, 0.6) is 0 Å². The average Bonchev–Trinajstić information content (AvgIpc) is 3.19. The van der Waals surface area contributed by atoms with E-state index in [-0.39, 0.29) is 30.6 Å². The first-order valence-corrected chi connectivity index (χ1v) is 7.60. The molecule has 5 nitrogen and oxygen atoms in total. The molecule has 0 aliphatic carbocycles. The summed E-state index contributed by atoms with van der Waals surface area (Å²) in [6, 6.07) is 9.55. The smallest absolute Gasteiger partial charge is 0.325 e. The Bertz CT molecular complexity index is 599. The summed E-state index contributed by atoms with van der Waals surface area (Å²) < 4.78 is 5.28. The minimum Gasteiger partial charge on any atom is -0.459 e. The van der Waals surface area contributed by atoms with Crippen LogP contribution in [0.1, 0.15) is 26.3 Å². The van der Waals surface area contributed by atoms with Crippen molar-refractivity contribution in [2.24, 2.45) is 0 Å². The summed E-state index contributed by atoms with van der Waals surface area (Å²) >= 11 is 0. The van der Waals surface area contributed by atoms with Gasteiger partial charge in [0.05, 0.1) is 0 Å². The Morgan fingerprint density at radius 2 is 1.86 bits per heavy atom. The maximum Gasteiger partial charge on any atom is 0.325 e. The van der Waals surface area contributed by atoms with Gasteiger partial charge in [0.15, 0.2) is 0 Å². The van der Waals surface area contributed by atoms with Crippen LogP contribution in [0.15, 0.2) is 30.3 Å². The number of hydrogen-bond acceptors (Lipinski definition) is 4. The van der Waals surface area contributed by atoms with Gasteiger partial charge in [-0.25, -0.2) is 0 Å². The summed E-state index contributed by atoms with van der Waals surface area (Å²) in [5.41, 5.74) is 0.422. The summed E-state index contributed by atoms with van der Waals surface area (Å²) in [4.78, 5) is 28.3. The van der Waals surface area contributed by atoms with E-state index < -0.39 is 5.54 Å². The summed E-state index contributed by atoms with van der Waals surface area (Å²) in [6.45, 7) is 7.75. The molecular weight excluding hydrogens is 280 g/mol. The van der Waals surface area contributed by atoms with Crippen LogP contribution < -0.4 is 0 Å². The highest BCUT2D eigenvalue weighted by molar-refractivity contribution is 5.93. The Morgan fingerprint density at radius 3 is 2.55 bits per heavy atom. The van der Waals surface area contributed by atoms with E-state index in [2.05, 4.69) is 18.7 Å². The van der Waals surface area contributed by atoms with Crippen LogP contribution in [0.4, 0.5) is 0 Å². The number of benzene rings is 1. The van der Waals surface area contributed by atoms with Crippen molar-refractivity contribution in [1.29, 1.82) is 0 Å². The van der Waals surface area contributed by atoms with Gasteiger partial charge in [0.25, 0.3) is 0 Å². The Labute approximate surface area is 130 Å². The molecule has 2 aliphatic rings. The zero-order valence-corrected chi connectivity index (χ0v) is 13.3. The molecule has 3 rings (SSSR count). The number of amides is 1. The first-order chi connectivity index (χ1) is 10.3. The van der Waals surface area contributed by atoms with Crippen LogP contribution in [-0.2, 0) is 20.9 Å². The lowest BCUT2D eigenvalue weighted by Crippen LogP contribution is -2.59. The number of fused-ring (bicyclic) bond motifs is 1. The van der Waals surface area contributed by atoms with Crippen LogP contribution in [0, 0.1) is 0 Å². The fourth-order valence-corrected chi connectivity index (χ4v) is 3.37. The van der Waals surface area contributed by atoms with Crippen molar-refractivity contribution in [1.82, 2.24) is 9.80 Å². The SMILES string of the molecule is CC1(C)CN(CC(=O)OCc2ccccc2)C(=O)[C@]2(C)CN12. The molecule has 2 fully saturated rings. The van der Waals surface area contributed by atoms with E-state index in [0.717, 1.165) is 12.1 Å². The monoisotopic (exact) mass is 302 g/mol. The number of esters is 1. The summed E-state index contributed by atoms with van der Waals surface area (Å²) in [5.74, 6) is -0.325. The van der Waals surface area contributed by atoms with Gasteiger partial charge in [-0.05, 0) is 26.3 Å². The molecule has 2 saturated heterocycles. The van der Waals surface area contributed by atoms with E-state index in [1.807, 2.05) is 37.3 Å². The van der Waals surface area contributed by atoms with Crippen molar-refractivity contribution in [3.05, 3.63) is 35.9 Å². The number of ether oxygens (including phenoxy) is 1. The Kier molecular flexibility index (Phi) is 3.48. The van der Waals surface area contributed by atoms with E-state index in [0.29, 0.717) is 6.54 Å². The van der Waals surface area contributed by atoms with Crippen LogP contribution >= 0.6 is 0 Å². The normalized spacial score (nSPS) is 29.0. The zero-order valence-electron chi connectivity index (χ0n) is 13.3. The van der Waals surface area contributed by atoms with Gasteiger partial charge in [0.2, 0.25) is 5.91 Å². The minimum absolute atomic E-state index is 0.0263. The molecule has 1 amide bonds.